The molecule has 1 aromatic heterocycles. The highest BCUT2D eigenvalue weighted by Crippen LogP contribution is 2.59. The van der Waals surface area contributed by atoms with Gasteiger partial charge in [-0.2, -0.15) is 5.10 Å². The molecule has 7 rings (SSSR count). The minimum Gasteiger partial charge on any atom is -0.350 e. The molecule has 0 radical (unpaired) electrons. The van der Waals surface area contributed by atoms with E-state index in [0.29, 0.717) is 11.1 Å². The van der Waals surface area contributed by atoms with Crippen molar-refractivity contribution in [2.45, 2.75) is 77.2 Å². The number of carbonyl (C=O) groups excluding carboxylic acids is 1. The summed E-state index contributed by atoms with van der Waals surface area (Å²) in [6, 6.07) is 10.5. The molecule has 4 fully saturated rings. The molecule has 0 saturated heterocycles. The van der Waals surface area contributed by atoms with Gasteiger partial charge in [0, 0.05) is 17.8 Å². The van der Waals surface area contributed by atoms with Crippen LogP contribution in [0.25, 0.3) is 0 Å². The second kappa shape index (κ2) is 7.79. The van der Waals surface area contributed by atoms with Gasteiger partial charge in [-0.3, -0.25) is 9.48 Å². The number of fused-ring (bicyclic) bond motifs is 1. The highest BCUT2D eigenvalue weighted by Gasteiger charge is 2.50. The van der Waals surface area contributed by atoms with Crippen molar-refractivity contribution < 1.29 is 4.79 Å². The van der Waals surface area contributed by atoms with Crippen molar-refractivity contribution >= 4 is 5.91 Å². The smallest absolute Gasteiger partial charge is 0.272 e. The van der Waals surface area contributed by atoms with Crippen LogP contribution in [0.15, 0.2) is 30.3 Å². The average molecular weight is 418 g/mol. The van der Waals surface area contributed by atoms with Crippen LogP contribution < -0.4 is 5.32 Å². The van der Waals surface area contributed by atoms with Gasteiger partial charge in [-0.05, 0) is 92.9 Å². The van der Waals surface area contributed by atoms with E-state index in [-0.39, 0.29) is 5.91 Å². The molecule has 5 aliphatic carbocycles. The normalized spacial score (nSPS) is 31.3. The first-order valence-corrected chi connectivity index (χ1v) is 12.6. The molecule has 0 unspecified atom stereocenters. The molecule has 0 spiro atoms. The highest BCUT2D eigenvalue weighted by molar-refractivity contribution is 5.94. The minimum absolute atomic E-state index is 0.0701. The zero-order chi connectivity index (χ0) is 20.8. The third-order valence-corrected chi connectivity index (χ3v) is 8.69. The number of benzene rings is 1. The minimum atomic E-state index is 0.0701. The zero-order valence-electron chi connectivity index (χ0n) is 18.6. The lowest BCUT2D eigenvalue weighted by molar-refractivity contribution is -0.0503. The lowest BCUT2D eigenvalue weighted by atomic mass is 9.49. The SMILES string of the molecule is O=C(NCC12CC3CC(CC(C3)C1)C2)c1nn(Cc2ccccc2)c2c1CCCCC2. The van der Waals surface area contributed by atoms with Crippen molar-refractivity contribution in [2.24, 2.45) is 23.2 Å². The Morgan fingerprint density at radius 1 is 0.968 bits per heavy atom. The lowest BCUT2D eigenvalue weighted by Gasteiger charge is -2.56. The molecule has 31 heavy (non-hydrogen) atoms. The molecule has 1 amide bonds. The maximum absolute atomic E-state index is 13.4. The van der Waals surface area contributed by atoms with E-state index in [9.17, 15) is 4.79 Å². The van der Waals surface area contributed by atoms with Crippen molar-refractivity contribution in [1.29, 1.82) is 0 Å². The second-order valence-corrected chi connectivity index (χ2v) is 11.1. The number of carbonyl (C=O) groups is 1. The number of aromatic nitrogens is 2. The van der Waals surface area contributed by atoms with Gasteiger partial charge in [0.05, 0.1) is 6.54 Å². The predicted octanol–water partition coefficient (Wildman–Crippen LogP) is 5.15. The number of hydrogen-bond donors (Lipinski definition) is 1. The monoisotopic (exact) mass is 417 g/mol. The number of amides is 1. The fraction of sp³-hybridized carbons (Fsp3) is 0.630. The molecule has 4 heteroatoms. The van der Waals surface area contributed by atoms with Gasteiger partial charge in [0.25, 0.3) is 5.91 Å². The Morgan fingerprint density at radius 2 is 1.65 bits per heavy atom. The van der Waals surface area contributed by atoms with Gasteiger partial charge in [0.15, 0.2) is 5.69 Å². The maximum Gasteiger partial charge on any atom is 0.272 e. The quantitative estimate of drug-likeness (QED) is 0.684. The third-order valence-electron chi connectivity index (χ3n) is 8.69. The van der Waals surface area contributed by atoms with E-state index >= 15 is 0 Å². The Morgan fingerprint density at radius 3 is 2.35 bits per heavy atom. The summed E-state index contributed by atoms with van der Waals surface area (Å²) in [5.74, 6) is 2.83. The molecular formula is C27H35N3O. The van der Waals surface area contributed by atoms with E-state index in [1.165, 1.54) is 74.6 Å². The first-order valence-electron chi connectivity index (χ1n) is 12.6. The molecule has 5 aliphatic rings. The summed E-state index contributed by atoms with van der Waals surface area (Å²) in [4.78, 5) is 13.4. The number of hydrogen-bond acceptors (Lipinski definition) is 2. The van der Waals surface area contributed by atoms with E-state index in [1.54, 1.807) is 0 Å². The van der Waals surface area contributed by atoms with Crippen LogP contribution in [0.1, 0.15) is 85.1 Å². The van der Waals surface area contributed by atoms with Gasteiger partial charge in [0.2, 0.25) is 0 Å². The molecule has 164 valence electrons. The molecule has 1 aromatic carbocycles. The fourth-order valence-electron chi connectivity index (χ4n) is 7.78. The van der Waals surface area contributed by atoms with Crippen molar-refractivity contribution in [3.05, 3.63) is 52.8 Å². The first kappa shape index (κ1) is 19.6. The third kappa shape index (κ3) is 3.72. The topological polar surface area (TPSA) is 46.9 Å². The second-order valence-electron chi connectivity index (χ2n) is 11.1. The Hall–Kier alpha value is -2.10. The summed E-state index contributed by atoms with van der Waals surface area (Å²) in [6.07, 6.45) is 14.0. The van der Waals surface area contributed by atoms with Crippen LogP contribution in [0.4, 0.5) is 0 Å². The summed E-state index contributed by atoms with van der Waals surface area (Å²) in [6.45, 7) is 1.61. The summed E-state index contributed by atoms with van der Waals surface area (Å²) < 4.78 is 2.12. The van der Waals surface area contributed by atoms with Gasteiger partial charge in [-0.25, -0.2) is 0 Å². The molecule has 4 bridgehead atoms. The van der Waals surface area contributed by atoms with E-state index in [1.807, 2.05) is 0 Å². The fourth-order valence-corrected chi connectivity index (χ4v) is 7.78. The summed E-state index contributed by atoms with van der Waals surface area (Å²) in [7, 11) is 0. The van der Waals surface area contributed by atoms with Gasteiger partial charge in [0.1, 0.15) is 0 Å². The van der Waals surface area contributed by atoms with Gasteiger partial charge in [-0.1, -0.05) is 36.8 Å². The van der Waals surface area contributed by atoms with Crippen LogP contribution in [-0.2, 0) is 19.4 Å². The highest BCUT2D eigenvalue weighted by atomic mass is 16.2. The van der Waals surface area contributed by atoms with E-state index in [2.05, 4.69) is 40.3 Å². The Balaban J connectivity index is 1.22. The predicted molar refractivity (Wildman–Crippen MR) is 122 cm³/mol. The number of rotatable bonds is 5. The summed E-state index contributed by atoms with van der Waals surface area (Å²) >= 11 is 0. The Bertz CT molecular complexity index is 925. The average Bonchev–Trinajstić information content (AvgIpc) is 2.93. The summed E-state index contributed by atoms with van der Waals surface area (Å²) in [5.41, 5.74) is 4.83. The van der Waals surface area contributed by atoms with Crippen LogP contribution in [0.2, 0.25) is 0 Å². The molecule has 2 aromatic rings. The molecule has 0 aliphatic heterocycles. The Kier molecular flexibility index (Phi) is 4.92. The number of nitrogens with zero attached hydrogens (tertiary/aromatic N) is 2. The lowest BCUT2D eigenvalue weighted by Crippen LogP contribution is -2.51. The number of nitrogens with one attached hydrogen (secondary N) is 1. The largest absolute Gasteiger partial charge is 0.350 e. The van der Waals surface area contributed by atoms with Gasteiger partial charge in [-0.15, -0.1) is 0 Å². The van der Waals surface area contributed by atoms with Crippen LogP contribution >= 0.6 is 0 Å². The summed E-state index contributed by atoms with van der Waals surface area (Å²) in [5, 5.41) is 8.29. The van der Waals surface area contributed by atoms with Crippen LogP contribution in [0.3, 0.4) is 0 Å². The molecule has 0 atom stereocenters. The van der Waals surface area contributed by atoms with Crippen molar-refractivity contribution in [2.75, 3.05) is 6.54 Å². The van der Waals surface area contributed by atoms with E-state index < -0.39 is 0 Å². The van der Waals surface area contributed by atoms with Crippen LogP contribution in [0, 0.1) is 23.2 Å². The van der Waals surface area contributed by atoms with Gasteiger partial charge >= 0.3 is 0 Å². The zero-order valence-corrected chi connectivity index (χ0v) is 18.6. The van der Waals surface area contributed by atoms with E-state index in [0.717, 1.165) is 43.7 Å². The maximum atomic E-state index is 13.4. The van der Waals surface area contributed by atoms with Crippen molar-refractivity contribution in [3.63, 3.8) is 0 Å². The first-order chi connectivity index (χ1) is 15.2. The molecule has 4 saturated carbocycles. The van der Waals surface area contributed by atoms with Crippen LogP contribution in [-0.4, -0.2) is 22.2 Å². The molecule has 1 N–H and O–H groups in total. The standard InChI is InChI=1S/C27H35N3O/c31-26(28-18-27-14-20-11-21(15-27)13-22(12-20)16-27)25-23-9-5-2-6-10-24(23)30(29-25)17-19-7-3-1-4-8-19/h1,3-4,7-8,20-22H,2,5-6,9-18H2,(H,28,31). The molecule has 1 heterocycles. The Labute approximate surface area is 185 Å². The van der Waals surface area contributed by atoms with E-state index in [4.69, 9.17) is 5.10 Å². The van der Waals surface area contributed by atoms with Gasteiger partial charge < -0.3 is 5.32 Å². The molecular weight excluding hydrogens is 382 g/mol. The van der Waals surface area contributed by atoms with Crippen LogP contribution in [0.5, 0.6) is 0 Å². The van der Waals surface area contributed by atoms with Crippen molar-refractivity contribution in [3.8, 4) is 0 Å². The molecule has 4 nitrogen and oxygen atoms in total. The van der Waals surface area contributed by atoms with Crippen molar-refractivity contribution in [1.82, 2.24) is 15.1 Å².